The molecule has 1 saturated heterocycles. The molecule has 5 nitrogen and oxygen atoms in total. The molecule has 1 aliphatic rings. The van der Waals surface area contributed by atoms with Crippen LogP contribution in [0.4, 0.5) is 8.78 Å². The minimum Gasteiger partial charge on any atom is -0.337 e. The smallest absolute Gasteiger partial charge is 0.246 e. The monoisotopic (exact) mass is 470 g/mol. The van der Waals surface area contributed by atoms with Crippen molar-refractivity contribution in [3.63, 3.8) is 0 Å². The molecule has 9 heteroatoms. The summed E-state index contributed by atoms with van der Waals surface area (Å²) in [6.07, 6.45) is 3.12. The first-order valence-corrected chi connectivity index (χ1v) is 10.7. The molecule has 0 atom stereocenters. The molecule has 2 aromatic rings. The molecule has 0 bridgehead atoms. The van der Waals surface area contributed by atoms with E-state index in [-0.39, 0.29) is 32.1 Å². The maximum Gasteiger partial charge on any atom is 0.246 e. The Labute approximate surface area is 170 Å². The molecule has 148 valence electrons. The van der Waals surface area contributed by atoms with Gasteiger partial charge in [0.1, 0.15) is 16.5 Å². The Bertz CT molecular complexity index is 1000. The molecule has 1 heterocycles. The van der Waals surface area contributed by atoms with E-state index in [0.717, 1.165) is 26.5 Å². The zero-order valence-corrected chi connectivity index (χ0v) is 17.1. The van der Waals surface area contributed by atoms with E-state index in [2.05, 4.69) is 15.9 Å². The van der Waals surface area contributed by atoms with E-state index in [0.29, 0.717) is 6.07 Å². The number of halogens is 3. The molecule has 0 saturated carbocycles. The lowest BCUT2D eigenvalue weighted by Gasteiger charge is -2.33. The molecule has 0 radical (unpaired) electrons. The fourth-order valence-electron chi connectivity index (χ4n) is 2.82. The number of amides is 1. The number of hydrogen-bond donors (Lipinski definition) is 0. The van der Waals surface area contributed by atoms with Gasteiger partial charge in [-0.15, -0.1) is 0 Å². The number of sulfonamides is 1. The molecule has 3 rings (SSSR count). The summed E-state index contributed by atoms with van der Waals surface area (Å²) in [6.45, 7) is 0.450. The topological polar surface area (TPSA) is 57.7 Å². The van der Waals surface area contributed by atoms with Crippen molar-refractivity contribution in [1.82, 2.24) is 9.21 Å². The lowest BCUT2D eigenvalue weighted by molar-refractivity contribution is -0.127. The Morgan fingerprint density at radius 2 is 1.64 bits per heavy atom. The van der Waals surface area contributed by atoms with Crippen LogP contribution in [-0.2, 0) is 14.8 Å². The second-order valence-corrected chi connectivity index (χ2v) is 9.01. The van der Waals surface area contributed by atoms with Crippen LogP contribution in [0, 0.1) is 11.6 Å². The van der Waals surface area contributed by atoms with Gasteiger partial charge >= 0.3 is 0 Å². The average Bonchev–Trinajstić information content (AvgIpc) is 2.67. The quantitative estimate of drug-likeness (QED) is 0.644. The highest BCUT2D eigenvalue weighted by Gasteiger charge is 2.31. The van der Waals surface area contributed by atoms with E-state index < -0.39 is 26.6 Å². The third-order valence-electron chi connectivity index (χ3n) is 4.35. The van der Waals surface area contributed by atoms with Crippen LogP contribution in [-0.4, -0.2) is 49.7 Å². The van der Waals surface area contributed by atoms with Crippen LogP contribution in [0.3, 0.4) is 0 Å². The normalized spacial score (nSPS) is 15.9. The van der Waals surface area contributed by atoms with Gasteiger partial charge in [0, 0.05) is 42.8 Å². The van der Waals surface area contributed by atoms with Crippen molar-refractivity contribution >= 4 is 37.9 Å². The first-order valence-electron chi connectivity index (χ1n) is 8.45. The van der Waals surface area contributed by atoms with Gasteiger partial charge in [-0.25, -0.2) is 17.2 Å². The summed E-state index contributed by atoms with van der Waals surface area (Å²) < 4.78 is 54.1. The standard InChI is InChI=1S/C19H17BrF2N2O3S/c20-15-4-1-14(2-5-15)3-8-19(25)23-9-11-24(12-10-23)28(26,27)18-7-6-16(21)13-17(18)22/h1-8,13H,9-12H2/b8-3+. The first-order chi connectivity index (χ1) is 13.3. The van der Waals surface area contributed by atoms with Crippen molar-refractivity contribution in [3.8, 4) is 0 Å². The molecular formula is C19H17BrF2N2O3S. The van der Waals surface area contributed by atoms with Crippen molar-refractivity contribution in [2.75, 3.05) is 26.2 Å². The lowest BCUT2D eigenvalue weighted by atomic mass is 10.2. The number of benzene rings is 2. The number of rotatable bonds is 4. The van der Waals surface area contributed by atoms with Gasteiger partial charge in [-0.1, -0.05) is 28.1 Å². The van der Waals surface area contributed by atoms with Crippen LogP contribution in [0.2, 0.25) is 0 Å². The van der Waals surface area contributed by atoms with Gasteiger partial charge < -0.3 is 4.90 Å². The Hall–Kier alpha value is -2.10. The van der Waals surface area contributed by atoms with Crippen molar-refractivity contribution in [3.05, 3.63) is 70.2 Å². The maximum atomic E-state index is 13.9. The molecule has 0 unspecified atom stereocenters. The highest BCUT2D eigenvalue weighted by molar-refractivity contribution is 9.10. The van der Waals surface area contributed by atoms with Gasteiger partial charge in [0.2, 0.25) is 15.9 Å². The van der Waals surface area contributed by atoms with E-state index in [9.17, 15) is 22.0 Å². The van der Waals surface area contributed by atoms with Crippen molar-refractivity contribution in [1.29, 1.82) is 0 Å². The van der Waals surface area contributed by atoms with Gasteiger partial charge in [-0.2, -0.15) is 4.31 Å². The summed E-state index contributed by atoms with van der Waals surface area (Å²) in [5, 5.41) is 0. The average molecular weight is 471 g/mol. The summed E-state index contributed by atoms with van der Waals surface area (Å²) in [7, 11) is -4.09. The predicted molar refractivity (Wildman–Crippen MR) is 105 cm³/mol. The van der Waals surface area contributed by atoms with Crippen LogP contribution in [0.15, 0.2) is 57.9 Å². The zero-order valence-electron chi connectivity index (χ0n) is 14.7. The molecule has 0 aromatic heterocycles. The summed E-state index contributed by atoms with van der Waals surface area (Å²) in [6, 6.07) is 9.80. The highest BCUT2D eigenvalue weighted by atomic mass is 79.9. The molecule has 1 amide bonds. The number of nitrogens with zero attached hydrogens (tertiary/aromatic N) is 2. The second-order valence-electron chi connectivity index (χ2n) is 6.19. The fourth-order valence-corrected chi connectivity index (χ4v) is 4.55. The van der Waals surface area contributed by atoms with E-state index in [4.69, 9.17) is 0 Å². The van der Waals surface area contributed by atoms with E-state index in [1.807, 2.05) is 24.3 Å². The van der Waals surface area contributed by atoms with E-state index in [1.54, 1.807) is 6.08 Å². The van der Waals surface area contributed by atoms with Crippen molar-refractivity contribution < 1.29 is 22.0 Å². The largest absolute Gasteiger partial charge is 0.337 e. The van der Waals surface area contributed by atoms with Crippen LogP contribution >= 0.6 is 15.9 Å². The van der Waals surface area contributed by atoms with Crippen molar-refractivity contribution in [2.45, 2.75) is 4.90 Å². The molecule has 0 aliphatic carbocycles. The number of carbonyl (C=O) groups is 1. The SMILES string of the molecule is O=C(/C=C/c1ccc(Br)cc1)N1CCN(S(=O)(=O)c2ccc(F)cc2F)CC1. The van der Waals surface area contributed by atoms with Gasteiger partial charge in [-0.3, -0.25) is 4.79 Å². The maximum absolute atomic E-state index is 13.9. The second kappa shape index (κ2) is 8.50. The Kier molecular flexibility index (Phi) is 6.26. The number of hydrogen-bond acceptors (Lipinski definition) is 3. The van der Waals surface area contributed by atoms with Gasteiger partial charge in [0.05, 0.1) is 0 Å². The summed E-state index contributed by atoms with van der Waals surface area (Å²) in [5.74, 6) is -2.20. The molecule has 0 spiro atoms. The molecule has 1 aliphatic heterocycles. The summed E-state index contributed by atoms with van der Waals surface area (Å²) in [4.78, 5) is 13.3. The molecule has 2 aromatic carbocycles. The summed E-state index contributed by atoms with van der Waals surface area (Å²) >= 11 is 3.34. The Balaban J connectivity index is 1.63. The number of piperazine rings is 1. The van der Waals surface area contributed by atoms with Crippen molar-refractivity contribution in [2.24, 2.45) is 0 Å². The molecule has 28 heavy (non-hydrogen) atoms. The van der Waals surface area contributed by atoms with E-state index >= 15 is 0 Å². The zero-order chi connectivity index (χ0) is 20.3. The molecular weight excluding hydrogens is 454 g/mol. The van der Waals surface area contributed by atoms with Gasteiger partial charge in [0.25, 0.3) is 0 Å². The highest BCUT2D eigenvalue weighted by Crippen LogP contribution is 2.21. The first kappa shape index (κ1) is 20.6. The van der Waals surface area contributed by atoms with Crippen LogP contribution in [0.25, 0.3) is 6.08 Å². The third kappa shape index (κ3) is 4.65. The van der Waals surface area contributed by atoms with Crippen LogP contribution in [0.5, 0.6) is 0 Å². The van der Waals surface area contributed by atoms with E-state index in [1.165, 1.54) is 11.0 Å². The van der Waals surface area contributed by atoms with Gasteiger partial charge in [-0.05, 0) is 35.9 Å². The van der Waals surface area contributed by atoms with Crippen LogP contribution in [0.1, 0.15) is 5.56 Å². The minimum absolute atomic E-state index is 0.0387. The van der Waals surface area contributed by atoms with Gasteiger partial charge in [0.15, 0.2) is 0 Å². The third-order valence-corrected chi connectivity index (χ3v) is 6.81. The lowest BCUT2D eigenvalue weighted by Crippen LogP contribution is -2.50. The fraction of sp³-hybridized carbons (Fsp3) is 0.211. The Morgan fingerprint density at radius 3 is 2.25 bits per heavy atom. The number of carbonyl (C=O) groups excluding carboxylic acids is 1. The predicted octanol–water partition coefficient (Wildman–Crippen LogP) is 3.27. The summed E-state index contributed by atoms with van der Waals surface area (Å²) in [5.41, 5.74) is 0.865. The minimum atomic E-state index is -4.09. The van der Waals surface area contributed by atoms with Crippen LogP contribution < -0.4 is 0 Å². The molecule has 0 N–H and O–H groups in total. The Morgan fingerprint density at radius 1 is 1.00 bits per heavy atom. The molecule has 1 fully saturated rings.